The molecule has 0 aliphatic carbocycles. The van der Waals surface area contributed by atoms with Crippen LogP contribution in [0.15, 0.2) is 0 Å². The zero-order valence-electron chi connectivity index (χ0n) is 10.7. The Hall–Kier alpha value is -0.800. The van der Waals surface area contributed by atoms with Crippen molar-refractivity contribution in [3.05, 3.63) is 0 Å². The van der Waals surface area contributed by atoms with E-state index in [9.17, 15) is 35.7 Å². The number of rotatable bonds is 6. The van der Waals surface area contributed by atoms with Crippen LogP contribution in [0.2, 0.25) is 0 Å². The van der Waals surface area contributed by atoms with Crippen LogP contribution >= 0.6 is 7.60 Å². The maximum Gasteiger partial charge on any atom is 0.390 e. The number of alkyl halides is 6. The van der Waals surface area contributed by atoms with Gasteiger partial charge >= 0.3 is 25.9 Å². The fraction of sp³-hybridized carbons (Fsp3) is 0.889. The Bertz CT molecular complexity index is 396. The number of hydrogen-bond donors (Lipinski definition) is 2. The second kappa shape index (κ2) is 6.53. The lowest BCUT2D eigenvalue weighted by Gasteiger charge is -2.32. The molecule has 126 valence electrons. The molecule has 0 rings (SSSR count). The summed E-state index contributed by atoms with van der Waals surface area (Å²) in [5.74, 6) is -1.94. The molecule has 0 aromatic carbocycles. The zero-order valence-corrected chi connectivity index (χ0v) is 11.6. The second-order valence-electron chi connectivity index (χ2n) is 4.41. The fourth-order valence-corrected chi connectivity index (χ4v) is 2.97. The monoisotopic (exact) mass is 346 g/mol. The summed E-state index contributed by atoms with van der Waals surface area (Å²) in [4.78, 5) is 29.0. The van der Waals surface area contributed by atoms with E-state index in [-0.39, 0.29) is 0 Å². The summed E-state index contributed by atoms with van der Waals surface area (Å²) in [6.07, 6.45) is -17.1. The summed E-state index contributed by atoms with van der Waals surface area (Å²) in [6.45, 7) is 0.610. The van der Waals surface area contributed by atoms with Crippen molar-refractivity contribution in [3.8, 4) is 0 Å². The fourth-order valence-electron chi connectivity index (χ4n) is 1.83. The van der Waals surface area contributed by atoms with Gasteiger partial charge in [0.25, 0.3) is 0 Å². The highest BCUT2D eigenvalue weighted by atomic mass is 31.2. The first-order chi connectivity index (χ1) is 9.10. The molecular formula is C9H13F6O5P. The Morgan fingerprint density at radius 2 is 1.43 bits per heavy atom. The summed E-state index contributed by atoms with van der Waals surface area (Å²) in [5.41, 5.74) is -3.41. The lowest BCUT2D eigenvalue weighted by Crippen LogP contribution is -2.44. The first kappa shape index (κ1) is 20.2. The Morgan fingerprint density at radius 1 is 1.05 bits per heavy atom. The average molecular weight is 346 g/mol. The molecule has 12 heteroatoms. The lowest BCUT2D eigenvalue weighted by atomic mass is 9.82. The minimum atomic E-state index is -5.34. The molecule has 21 heavy (non-hydrogen) atoms. The van der Waals surface area contributed by atoms with Crippen molar-refractivity contribution in [1.82, 2.24) is 0 Å². The van der Waals surface area contributed by atoms with Crippen molar-refractivity contribution in [2.45, 2.75) is 32.1 Å². The number of hydrogen-bond acceptors (Lipinski definition) is 3. The molecule has 0 saturated heterocycles. The van der Waals surface area contributed by atoms with E-state index in [0.29, 0.717) is 0 Å². The molecule has 0 aromatic heterocycles. The third kappa shape index (κ3) is 8.27. The molecule has 0 heterocycles. The maximum atomic E-state index is 12.5. The molecule has 5 nitrogen and oxygen atoms in total. The minimum absolute atomic E-state index is 0.530. The third-order valence-electron chi connectivity index (χ3n) is 2.29. The summed E-state index contributed by atoms with van der Waals surface area (Å²) < 4.78 is 89.9. The summed E-state index contributed by atoms with van der Waals surface area (Å²) in [6, 6.07) is 0. The highest BCUT2D eigenvalue weighted by Crippen LogP contribution is 2.51. The Labute approximate surface area is 115 Å². The van der Waals surface area contributed by atoms with Gasteiger partial charge in [0.1, 0.15) is 0 Å². The molecule has 0 aliphatic heterocycles. The van der Waals surface area contributed by atoms with E-state index in [1.54, 1.807) is 0 Å². The van der Waals surface area contributed by atoms with Crippen LogP contribution in [0.4, 0.5) is 26.3 Å². The molecule has 0 saturated carbocycles. The number of ether oxygens (including phenoxy) is 1. The van der Waals surface area contributed by atoms with Gasteiger partial charge in [0.05, 0.1) is 31.0 Å². The van der Waals surface area contributed by atoms with Gasteiger partial charge in [-0.3, -0.25) is 9.36 Å². The quantitative estimate of drug-likeness (QED) is 0.439. The van der Waals surface area contributed by atoms with Crippen LogP contribution in [0, 0.1) is 5.41 Å². The van der Waals surface area contributed by atoms with Gasteiger partial charge in [0.15, 0.2) is 0 Å². The molecule has 0 amide bonds. The van der Waals surface area contributed by atoms with Crippen LogP contribution in [0.1, 0.15) is 19.8 Å². The Morgan fingerprint density at radius 3 is 1.67 bits per heavy atom. The molecule has 0 radical (unpaired) electrons. The van der Waals surface area contributed by atoms with E-state index in [0.717, 1.165) is 6.92 Å². The molecule has 0 spiro atoms. The van der Waals surface area contributed by atoms with Gasteiger partial charge in [-0.15, -0.1) is 0 Å². The Balaban J connectivity index is 5.81. The normalized spacial score (nSPS) is 14.1. The van der Waals surface area contributed by atoms with E-state index in [1.807, 2.05) is 0 Å². The topological polar surface area (TPSA) is 83.8 Å². The summed E-state index contributed by atoms with van der Waals surface area (Å²) in [5, 5.41) is 0. The lowest BCUT2D eigenvalue weighted by molar-refractivity contribution is -0.206. The van der Waals surface area contributed by atoms with Crippen LogP contribution in [-0.4, -0.2) is 40.9 Å². The van der Waals surface area contributed by atoms with Gasteiger partial charge in [0, 0.05) is 0 Å². The van der Waals surface area contributed by atoms with Gasteiger partial charge < -0.3 is 14.5 Å². The molecule has 0 unspecified atom stereocenters. The summed E-state index contributed by atoms with van der Waals surface area (Å²) in [7, 11) is -5.34. The van der Waals surface area contributed by atoms with Crippen molar-refractivity contribution >= 4 is 13.6 Å². The van der Waals surface area contributed by atoms with Gasteiger partial charge in [-0.05, 0) is 6.92 Å². The molecule has 0 bridgehead atoms. The molecule has 2 N–H and O–H groups in total. The zero-order chi connectivity index (χ0) is 17.1. The highest BCUT2D eigenvalue weighted by molar-refractivity contribution is 7.51. The van der Waals surface area contributed by atoms with Crippen LogP contribution in [0.25, 0.3) is 0 Å². The number of carbonyl (C=O) groups excluding carboxylic acids is 1. The predicted molar refractivity (Wildman–Crippen MR) is 57.3 cm³/mol. The highest BCUT2D eigenvalue weighted by Gasteiger charge is 2.56. The molecule has 0 aromatic rings. The van der Waals surface area contributed by atoms with Gasteiger partial charge in [-0.25, -0.2) is 0 Å². The molecule has 0 atom stereocenters. The first-order valence-corrected chi connectivity index (χ1v) is 7.25. The van der Waals surface area contributed by atoms with E-state index in [1.165, 1.54) is 0 Å². The van der Waals surface area contributed by atoms with Crippen LogP contribution < -0.4 is 0 Å². The van der Waals surface area contributed by atoms with Crippen molar-refractivity contribution in [2.24, 2.45) is 5.41 Å². The third-order valence-corrected chi connectivity index (χ3v) is 3.31. The number of halogens is 6. The van der Waals surface area contributed by atoms with Crippen LogP contribution in [0.5, 0.6) is 0 Å². The maximum absolute atomic E-state index is 12.5. The number of carbonyl (C=O) groups is 1. The average Bonchev–Trinajstić information content (AvgIpc) is 2.08. The minimum Gasteiger partial charge on any atom is -0.466 e. The van der Waals surface area contributed by atoms with E-state index in [2.05, 4.69) is 4.74 Å². The first-order valence-electron chi connectivity index (χ1n) is 5.45. The van der Waals surface area contributed by atoms with Gasteiger partial charge in [0.2, 0.25) is 0 Å². The van der Waals surface area contributed by atoms with Crippen LogP contribution in [-0.2, 0) is 14.1 Å². The van der Waals surface area contributed by atoms with Crippen molar-refractivity contribution < 1.29 is 50.2 Å². The van der Waals surface area contributed by atoms with E-state index in [4.69, 9.17) is 9.79 Å². The smallest absolute Gasteiger partial charge is 0.390 e. The SMILES string of the molecule is CCOC(=O)C(CC(F)(F)F)(CC(F)(F)F)CP(=O)(O)O. The largest absolute Gasteiger partial charge is 0.466 e. The number of esters is 1. The molecular weight excluding hydrogens is 333 g/mol. The van der Waals surface area contributed by atoms with Crippen molar-refractivity contribution in [3.63, 3.8) is 0 Å². The van der Waals surface area contributed by atoms with Gasteiger partial charge in [-0.1, -0.05) is 0 Å². The standard InChI is InChI=1S/C9H13F6O5P/c1-2-20-6(16)7(3-8(10,11)12,4-9(13,14)15)5-21(17,18)19/h2-5H2,1H3,(H2,17,18,19). The van der Waals surface area contributed by atoms with Crippen molar-refractivity contribution in [2.75, 3.05) is 12.8 Å². The molecule has 0 fully saturated rings. The Kier molecular flexibility index (Phi) is 6.28. The van der Waals surface area contributed by atoms with Crippen molar-refractivity contribution in [1.29, 1.82) is 0 Å². The van der Waals surface area contributed by atoms with E-state index < -0.39 is 56.9 Å². The van der Waals surface area contributed by atoms with Gasteiger partial charge in [-0.2, -0.15) is 26.3 Å². The van der Waals surface area contributed by atoms with E-state index >= 15 is 0 Å². The second-order valence-corrected chi connectivity index (χ2v) is 6.05. The predicted octanol–water partition coefficient (Wildman–Crippen LogP) is 2.62. The van der Waals surface area contributed by atoms with Crippen LogP contribution in [0.3, 0.4) is 0 Å². The molecule has 0 aliphatic rings. The summed E-state index contributed by atoms with van der Waals surface area (Å²) >= 11 is 0.